The zero-order chi connectivity index (χ0) is 8.55. The Bertz CT molecular complexity index is 260. The van der Waals surface area contributed by atoms with Crippen LogP contribution in [0.3, 0.4) is 0 Å². The summed E-state index contributed by atoms with van der Waals surface area (Å²) in [5, 5.41) is 0. The second kappa shape index (κ2) is 2.87. The molecule has 2 nitrogen and oxygen atoms in total. The van der Waals surface area contributed by atoms with Crippen molar-refractivity contribution in [1.82, 2.24) is 9.88 Å². The van der Waals surface area contributed by atoms with Gasteiger partial charge in [-0.15, -0.1) is 0 Å². The Morgan fingerprint density at radius 3 is 2.67 bits per heavy atom. The molecule has 12 heavy (non-hydrogen) atoms. The van der Waals surface area contributed by atoms with Crippen molar-refractivity contribution in [2.24, 2.45) is 0 Å². The molecule has 0 amide bonds. The summed E-state index contributed by atoms with van der Waals surface area (Å²) in [4.78, 5) is 6.61. The summed E-state index contributed by atoms with van der Waals surface area (Å²) >= 11 is 0. The molecule has 0 spiro atoms. The lowest BCUT2D eigenvalue weighted by atomic mass is 9.93. The minimum atomic E-state index is 0.725. The van der Waals surface area contributed by atoms with Crippen LogP contribution in [0.25, 0.3) is 0 Å². The number of nitrogens with zero attached hydrogens (tertiary/aromatic N) is 2. The molecule has 1 aromatic heterocycles. The van der Waals surface area contributed by atoms with Gasteiger partial charge < -0.3 is 4.90 Å². The molecule has 0 aromatic carbocycles. The van der Waals surface area contributed by atoms with E-state index in [1.54, 1.807) is 0 Å². The Morgan fingerprint density at radius 2 is 2.17 bits per heavy atom. The molecule has 0 unspecified atom stereocenters. The highest BCUT2D eigenvalue weighted by atomic mass is 15.2. The van der Waals surface area contributed by atoms with Crippen LogP contribution in [0.2, 0.25) is 0 Å². The Labute approximate surface area is 73.2 Å². The lowest BCUT2D eigenvalue weighted by Crippen LogP contribution is -2.41. The van der Waals surface area contributed by atoms with Crippen LogP contribution in [0, 0.1) is 6.92 Å². The summed E-state index contributed by atoms with van der Waals surface area (Å²) in [6.45, 7) is 4.40. The topological polar surface area (TPSA) is 16.1 Å². The second-order valence-electron chi connectivity index (χ2n) is 3.65. The van der Waals surface area contributed by atoms with E-state index >= 15 is 0 Å². The zero-order valence-corrected chi connectivity index (χ0v) is 7.62. The van der Waals surface area contributed by atoms with Gasteiger partial charge in [-0.3, -0.25) is 4.98 Å². The smallest absolute Gasteiger partial charge is 0.0372 e. The molecule has 1 saturated heterocycles. The van der Waals surface area contributed by atoms with E-state index in [1.165, 1.54) is 18.7 Å². The highest BCUT2D eigenvalue weighted by Crippen LogP contribution is 2.24. The monoisotopic (exact) mass is 162 g/mol. The molecule has 0 saturated carbocycles. The first-order valence-corrected chi connectivity index (χ1v) is 4.37. The fraction of sp³-hybridized carbons (Fsp3) is 0.500. The van der Waals surface area contributed by atoms with Gasteiger partial charge in [0.1, 0.15) is 0 Å². The first-order chi connectivity index (χ1) is 5.75. The van der Waals surface area contributed by atoms with Crippen LogP contribution < -0.4 is 0 Å². The maximum atomic E-state index is 4.29. The third kappa shape index (κ3) is 1.34. The molecule has 0 radical (unpaired) electrons. The van der Waals surface area contributed by atoms with E-state index in [2.05, 4.69) is 29.1 Å². The van der Waals surface area contributed by atoms with E-state index < -0.39 is 0 Å². The van der Waals surface area contributed by atoms with Crippen LogP contribution >= 0.6 is 0 Å². The van der Waals surface area contributed by atoms with Crippen molar-refractivity contribution < 1.29 is 0 Å². The molecule has 1 aromatic rings. The molecule has 1 aliphatic heterocycles. The predicted octanol–water partition coefficient (Wildman–Crippen LogP) is 1.42. The maximum Gasteiger partial charge on any atom is 0.0372 e. The number of hydrogen-bond acceptors (Lipinski definition) is 2. The van der Waals surface area contributed by atoms with Gasteiger partial charge in [-0.1, -0.05) is 6.07 Å². The van der Waals surface area contributed by atoms with Crippen molar-refractivity contribution in [2.45, 2.75) is 12.8 Å². The van der Waals surface area contributed by atoms with Gasteiger partial charge in [0, 0.05) is 30.9 Å². The number of hydrogen-bond donors (Lipinski definition) is 0. The van der Waals surface area contributed by atoms with E-state index in [4.69, 9.17) is 0 Å². The third-order valence-electron chi connectivity index (χ3n) is 2.47. The molecular formula is C10H14N2. The molecule has 0 aliphatic carbocycles. The van der Waals surface area contributed by atoms with Crippen LogP contribution in [-0.4, -0.2) is 30.0 Å². The fourth-order valence-corrected chi connectivity index (χ4v) is 1.63. The SMILES string of the molecule is Cc1ccc(C2CN(C)C2)cn1. The normalized spacial score (nSPS) is 19.2. The molecule has 1 fully saturated rings. The average Bonchev–Trinajstić information content (AvgIpc) is 2.01. The number of likely N-dealkylation sites (tertiary alicyclic amines) is 1. The third-order valence-corrected chi connectivity index (χ3v) is 2.47. The van der Waals surface area contributed by atoms with Gasteiger partial charge in [0.25, 0.3) is 0 Å². The summed E-state index contributed by atoms with van der Waals surface area (Å²) in [6, 6.07) is 4.29. The Hall–Kier alpha value is -0.890. The lowest BCUT2D eigenvalue weighted by Gasteiger charge is -2.36. The Balaban J connectivity index is 2.09. The van der Waals surface area contributed by atoms with Gasteiger partial charge in [-0.2, -0.15) is 0 Å². The summed E-state index contributed by atoms with van der Waals surface area (Å²) in [5.74, 6) is 0.725. The first kappa shape index (κ1) is 7.74. The van der Waals surface area contributed by atoms with Crippen molar-refractivity contribution in [2.75, 3.05) is 20.1 Å². The molecule has 2 heterocycles. The largest absolute Gasteiger partial charge is 0.305 e. The second-order valence-corrected chi connectivity index (χ2v) is 3.65. The number of likely N-dealkylation sites (N-methyl/N-ethyl adjacent to an activating group) is 1. The van der Waals surface area contributed by atoms with Crippen LogP contribution in [-0.2, 0) is 0 Å². The van der Waals surface area contributed by atoms with Crippen molar-refractivity contribution in [3.63, 3.8) is 0 Å². The van der Waals surface area contributed by atoms with E-state index in [0.29, 0.717) is 0 Å². The Morgan fingerprint density at radius 1 is 1.42 bits per heavy atom. The number of rotatable bonds is 1. The molecular weight excluding hydrogens is 148 g/mol. The maximum absolute atomic E-state index is 4.29. The highest BCUT2D eigenvalue weighted by Gasteiger charge is 2.24. The first-order valence-electron chi connectivity index (χ1n) is 4.37. The Kier molecular flexibility index (Phi) is 1.85. The number of aromatic nitrogens is 1. The van der Waals surface area contributed by atoms with Crippen molar-refractivity contribution in [3.8, 4) is 0 Å². The van der Waals surface area contributed by atoms with E-state index in [1.807, 2.05) is 13.1 Å². The van der Waals surface area contributed by atoms with Gasteiger partial charge in [-0.25, -0.2) is 0 Å². The van der Waals surface area contributed by atoms with Crippen LogP contribution in [0.1, 0.15) is 17.2 Å². The van der Waals surface area contributed by atoms with Gasteiger partial charge >= 0.3 is 0 Å². The van der Waals surface area contributed by atoms with Gasteiger partial charge in [-0.05, 0) is 25.6 Å². The number of aryl methyl sites for hydroxylation is 1. The lowest BCUT2D eigenvalue weighted by molar-refractivity contribution is 0.189. The molecule has 0 bridgehead atoms. The zero-order valence-electron chi connectivity index (χ0n) is 7.62. The number of pyridine rings is 1. The summed E-state index contributed by atoms with van der Waals surface area (Å²) in [5.41, 5.74) is 2.49. The molecule has 1 aliphatic rings. The molecule has 64 valence electrons. The van der Waals surface area contributed by atoms with Crippen LogP contribution in [0.4, 0.5) is 0 Å². The predicted molar refractivity (Wildman–Crippen MR) is 49.2 cm³/mol. The summed E-state index contributed by atoms with van der Waals surface area (Å²) in [7, 11) is 2.15. The van der Waals surface area contributed by atoms with Crippen LogP contribution in [0.5, 0.6) is 0 Å². The molecule has 0 atom stereocenters. The van der Waals surface area contributed by atoms with E-state index in [9.17, 15) is 0 Å². The van der Waals surface area contributed by atoms with Crippen molar-refractivity contribution in [3.05, 3.63) is 29.6 Å². The van der Waals surface area contributed by atoms with E-state index in [-0.39, 0.29) is 0 Å². The fourth-order valence-electron chi connectivity index (χ4n) is 1.63. The summed E-state index contributed by atoms with van der Waals surface area (Å²) in [6.07, 6.45) is 2.01. The quantitative estimate of drug-likeness (QED) is 0.621. The molecule has 0 N–H and O–H groups in total. The van der Waals surface area contributed by atoms with Gasteiger partial charge in [0.2, 0.25) is 0 Å². The molecule has 2 heteroatoms. The van der Waals surface area contributed by atoms with Crippen molar-refractivity contribution >= 4 is 0 Å². The average molecular weight is 162 g/mol. The highest BCUT2D eigenvalue weighted by molar-refractivity contribution is 5.20. The minimum Gasteiger partial charge on any atom is -0.305 e. The summed E-state index contributed by atoms with van der Waals surface area (Å²) < 4.78 is 0. The standard InChI is InChI=1S/C10H14N2/c1-8-3-4-9(5-11-8)10-6-12(2)7-10/h3-5,10H,6-7H2,1-2H3. The minimum absolute atomic E-state index is 0.725. The van der Waals surface area contributed by atoms with Crippen LogP contribution in [0.15, 0.2) is 18.3 Å². The van der Waals surface area contributed by atoms with Gasteiger partial charge in [0.15, 0.2) is 0 Å². The van der Waals surface area contributed by atoms with E-state index in [0.717, 1.165) is 11.6 Å². The van der Waals surface area contributed by atoms with Gasteiger partial charge in [0.05, 0.1) is 0 Å². The molecule has 2 rings (SSSR count). The van der Waals surface area contributed by atoms with Crippen molar-refractivity contribution in [1.29, 1.82) is 0 Å².